The summed E-state index contributed by atoms with van der Waals surface area (Å²) < 4.78 is 5.25. The zero-order valence-electron chi connectivity index (χ0n) is 16.4. The summed E-state index contributed by atoms with van der Waals surface area (Å²) in [5.41, 5.74) is 2.78. The molecule has 1 unspecified atom stereocenters. The van der Waals surface area contributed by atoms with Crippen LogP contribution in [0.5, 0.6) is 0 Å². The number of hydrogen-bond donors (Lipinski definition) is 3. The monoisotopic (exact) mass is 462 g/mol. The van der Waals surface area contributed by atoms with Gasteiger partial charge in [-0.25, -0.2) is 4.79 Å². The van der Waals surface area contributed by atoms with E-state index in [9.17, 15) is 9.59 Å². The van der Waals surface area contributed by atoms with Crippen molar-refractivity contribution in [3.05, 3.63) is 52.0 Å². The second-order valence-electron chi connectivity index (χ2n) is 7.29. The van der Waals surface area contributed by atoms with Gasteiger partial charge in [0.25, 0.3) is 0 Å². The van der Waals surface area contributed by atoms with Crippen molar-refractivity contribution in [1.82, 2.24) is 25.6 Å². The SMILES string of the molecule is O=C(CN1CCC(NC(=O)OCc2cc(Cl)cc(Cl)c2)C1)Nc1ccc2n[nH]nc2c1. The number of aromatic nitrogens is 3. The summed E-state index contributed by atoms with van der Waals surface area (Å²) in [7, 11) is 0. The van der Waals surface area contributed by atoms with Gasteiger partial charge in [-0.1, -0.05) is 23.2 Å². The van der Waals surface area contributed by atoms with Crippen LogP contribution in [0.4, 0.5) is 10.5 Å². The number of rotatable bonds is 6. The van der Waals surface area contributed by atoms with E-state index in [1.807, 2.05) is 4.90 Å². The van der Waals surface area contributed by atoms with Crippen LogP contribution in [0.2, 0.25) is 10.0 Å². The molecular weight excluding hydrogens is 443 g/mol. The molecule has 0 spiro atoms. The highest BCUT2D eigenvalue weighted by Crippen LogP contribution is 2.20. The van der Waals surface area contributed by atoms with Gasteiger partial charge in [0.1, 0.15) is 17.6 Å². The third kappa shape index (κ3) is 5.84. The summed E-state index contributed by atoms with van der Waals surface area (Å²) >= 11 is 11.9. The first-order valence-corrected chi connectivity index (χ1v) is 10.4. The Bertz CT molecular complexity index is 1090. The Hall–Kier alpha value is -2.88. The molecule has 0 aliphatic carbocycles. The Balaban J connectivity index is 1.20. The van der Waals surface area contributed by atoms with Crippen molar-refractivity contribution in [3.63, 3.8) is 0 Å². The standard InChI is InChI=1S/C20H20Cl2N6O3/c21-13-5-12(6-14(22)7-13)11-31-20(30)24-16-3-4-28(9-16)10-19(29)23-15-1-2-17-18(8-15)26-27-25-17/h1-2,5-8,16H,3-4,9-11H2,(H,23,29)(H,24,30)(H,25,26,27). The number of hydrogen-bond acceptors (Lipinski definition) is 6. The number of aromatic amines is 1. The highest BCUT2D eigenvalue weighted by Gasteiger charge is 2.25. The molecule has 0 radical (unpaired) electrons. The number of halogens is 2. The molecule has 9 nitrogen and oxygen atoms in total. The van der Waals surface area contributed by atoms with Crippen molar-refractivity contribution in [2.24, 2.45) is 0 Å². The minimum Gasteiger partial charge on any atom is -0.445 e. The van der Waals surface area contributed by atoms with Crippen LogP contribution in [0.25, 0.3) is 11.0 Å². The number of carbonyl (C=O) groups is 2. The molecule has 4 rings (SSSR count). The van der Waals surface area contributed by atoms with Crippen LogP contribution in [0, 0.1) is 0 Å². The minimum absolute atomic E-state index is 0.0703. The van der Waals surface area contributed by atoms with E-state index in [-0.39, 0.29) is 25.1 Å². The second kappa shape index (κ2) is 9.51. The van der Waals surface area contributed by atoms with Gasteiger partial charge in [0, 0.05) is 34.9 Å². The molecule has 1 saturated heterocycles. The number of amides is 2. The number of H-pyrrole nitrogens is 1. The molecule has 1 fully saturated rings. The quantitative estimate of drug-likeness (QED) is 0.518. The van der Waals surface area contributed by atoms with Gasteiger partial charge < -0.3 is 15.4 Å². The number of anilines is 1. The van der Waals surface area contributed by atoms with Crippen molar-refractivity contribution >= 4 is 51.9 Å². The van der Waals surface area contributed by atoms with Gasteiger partial charge in [0.05, 0.1) is 6.54 Å². The predicted octanol–water partition coefficient (Wildman–Crippen LogP) is 3.20. The number of alkyl carbamates (subject to hydrolysis) is 1. The lowest BCUT2D eigenvalue weighted by Crippen LogP contribution is -2.39. The van der Waals surface area contributed by atoms with Gasteiger partial charge in [0.15, 0.2) is 0 Å². The molecular formula is C20H20Cl2N6O3. The first kappa shape index (κ1) is 21.4. The Morgan fingerprint density at radius 3 is 2.71 bits per heavy atom. The first-order chi connectivity index (χ1) is 14.9. The van der Waals surface area contributed by atoms with Gasteiger partial charge in [-0.3, -0.25) is 9.69 Å². The Morgan fingerprint density at radius 2 is 1.90 bits per heavy atom. The largest absolute Gasteiger partial charge is 0.445 e. The Labute approximate surface area is 188 Å². The van der Waals surface area contributed by atoms with Gasteiger partial charge in [0.2, 0.25) is 5.91 Å². The van der Waals surface area contributed by atoms with E-state index in [0.717, 1.165) is 11.9 Å². The molecule has 11 heteroatoms. The molecule has 31 heavy (non-hydrogen) atoms. The lowest BCUT2D eigenvalue weighted by molar-refractivity contribution is -0.117. The van der Waals surface area contributed by atoms with Gasteiger partial charge in [-0.05, 0) is 48.4 Å². The zero-order valence-corrected chi connectivity index (χ0v) is 17.9. The number of nitrogens with zero attached hydrogens (tertiary/aromatic N) is 3. The fraction of sp³-hybridized carbons (Fsp3) is 0.300. The van der Waals surface area contributed by atoms with Crippen LogP contribution < -0.4 is 10.6 Å². The number of benzene rings is 2. The molecule has 162 valence electrons. The molecule has 3 N–H and O–H groups in total. The fourth-order valence-electron chi connectivity index (χ4n) is 3.47. The van der Waals surface area contributed by atoms with E-state index in [2.05, 4.69) is 26.0 Å². The molecule has 0 saturated carbocycles. The van der Waals surface area contributed by atoms with Crippen molar-refractivity contribution in [1.29, 1.82) is 0 Å². The summed E-state index contributed by atoms with van der Waals surface area (Å²) in [6.07, 6.45) is 0.212. The summed E-state index contributed by atoms with van der Waals surface area (Å²) in [6, 6.07) is 10.2. The summed E-state index contributed by atoms with van der Waals surface area (Å²) in [6.45, 7) is 1.56. The molecule has 1 aliphatic heterocycles. The summed E-state index contributed by atoms with van der Waals surface area (Å²) in [4.78, 5) is 26.4. The number of nitrogens with one attached hydrogen (secondary N) is 3. The normalized spacial score (nSPS) is 16.4. The van der Waals surface area contributed by atoms with Crippen molar-refractivity contribution < 1.29 is 14.3 Å². The number of fused-ring (bicyclic) bond motifs is 1. The highest BCUT2D eigenvalue weighted by atomic mass is 35.5. The third-order valence-electron chi connectivity index (χ3n) is 4.85. The number of ether oxygens (including phenoxy) is 1. The topological polar surface area (TPSA) is 112 Å². The highest BCUT2D eigenvalue weighted by molar-refractivity contribution is 6.34. The van der Waals surface area contributed by atoms with Crippen LogP contribution in [-0.4, -0.2) is 58.0 Å². The number of carbonyl (C=O) groups excluding carboxylic acids is 2. The van der Waals surface area contributed by atoms with Gasteiger partial charge in [-0.2, -0.15) is 15.4 Å². The molecule has 2 aromatic carbocycles. The molecule has 2 heterocycles. The smallest absolute Gasteiger partial charge is 0.407 e. The Morgan fingerprint density at radius 1 is 1.13 bits per heavy atom. The van der Waals surface area contributed by atoms with E-state index >= 15 is 0 Å². The van der Waals surface area contributed by atoms with Crippen LogP contribution in [-0.2, 0) is 16.1 Å². The summed E-state index contributed by atoms with van der Waals surface area (Å²) in [5, 5.41) is 17.2. The lowest BCUT2D eigenvalue weighted by Gasteiger charge is -2.16. The predicted molar refractivity (Wildman–Crippen MR) is 117 cm³/mol. The zero-order chi connectivity index (χ0) is 21.8. The maximum absolute atomic E-state index is 12.4. The van der Waals surface area contributed by atoms with Crippen molar-refractivity contribution in [2.75, 3.05) is 25.0 Å². The molecule has 1 aliphatic rings. The lowest BCUT2D eigenvalue weighted by atomic mass is 10.2. The van der Waals surface area contributed by atoms with Crippen LogP contribution in [0.1, 0.15) is 12.0 Å². The molecule has 1 atom stereocenters. The molecule has 0 bridgehead atoms. The summed E-state index contributed by atoms with van der Waals surface area (Å²) in [5.74, 6) is -0.135. The third-order valence-corrected chi connectivity index (χ3v) is 5.29. The molecule has 2 amide bonds. The van der Waals surface area contributed by atoms with E-state index < -0.39 is 6.09 Å². The maximum atomic E-state index is 12.4. The second-order valence-corrected chi connectivity index (χ2v) is 8.17. The van der Waals surface area contributed by atoms with Crippen LogP contribution in [0.15, 0.2) is 36.4 Å². The molecule has 1 aromatic heterocycles. The van der Waals surface area contributed by atoms with Gasteiger partial charge in [-0.15, -0.1) is 0 Å². The average molecular weight is 463 g/mol. The van der Waals surface area contributed by atoms with E-state index in [1.54, 1.807) is 36.4 Å². The first-order valence-electron chi connectivity index (χ1n) is 9.65. The molecule has 3 aromatic rings. The average Bonchev–Trinajstić information content (AvgIpc) is 3.34. The van der Waals surface area contributed by atoms with Crippen LogP contribution in [0.3, 0.4) is 0 Å². The number of likely N-dealkylation sites (tertiary alicyclic amines) is 1. The van der Waals surface area contributed by atoms with Crippen LogP contribution >= 0.6 is 23.2 Å². The van der Waals surface area contributed by atoms with Gasteiger partial charge >= 0.3 is 6.09 Å². The minimum atomic E-state index is -0.520. The fourth-order valence-corrected chi connectivity index (χ4v) is 4.04. The maximum Gasteiger partial charge on any atom is 0.407 e. The van der Waals surface area contributed by atoms with E-state index in [4.69, 9.17) is 27.9 Å². The Kier molecular flexibility index (Phi) is 6.55. The van der Waals surface area contributed by atoms with Crippen molar-refractivity contribution in [3.8, 4) is 0 Å². The van der Waals surface area contributed by atoms with Crippen molar-refractivity contribution in [2.45, 2.75) is 19.1 Å². The van der Waals surface area contributed by atoms with E-state index in [1.165, 1.54) is 0 Å². The van der Waals surface area contributed by atoms with E-state index in [0.29, 0.717) is 39.9 Å².